The molecular formula is C10H9NO3. The van der Waals surface area contributed by atoms with Crippen molar-refractivity contribution in [3.63, 3.8) is 0 Å². The molecule has 72 valence electrons. The van der Waals surface area contributed by atoms with E-state index in [0.29, 0.717) is 12.1 Å². The van der Waals surface area contributed by atoms with Gasteiger partial charge in [0, 0.05) is 11.8 Å². The van der Waals surface area contributed by atoms with Crippen LogP contribution in [0.5, 0.6) is 0 Å². The van der Waals surface area contributed by atoms with Crippen molar-refractivity contribution in [1.29, 1.82) is 0 Å². The summed E-state index contributed by atoms with van der Waals surface area (Å²) in [7, 11) is 0. The van der Waals surface area contributed by atoms with Gasteiger partial charge in [0.05, 0.1) is 0 Å². The largest absolute Gasteiger partial charge is 0.478 e. The topological polar surface area (TPSA) is 66.4 Å². The highest BCUT2D eigenvalue weighted by atomic mass is 16.4. The molecule has 0 atom stereocenters. The molecule has 0 saturated carbocycles. The first-order valence-electron chi connectivity index (χ1n) is 3.93. The molecule has 1 amide bonds. The number of nitrogens with one attached hydrogen (secondary N) is 1. The molecule has 0 aliphatic carbocycles. The van der Waals surface area contributed by atoms with Crippen LogP contribution in [0, 0.1) is 0 Å². The van der Waals surface area contributed by atoms with Gasteiger partial charge >= 0.3 is 5.97 Å². The van der Waals surface area contributed by atoms with Gasteiger partial charge in [-0.15, -0.1) is 0 Å². The summed E-state index contributed by atoms with van der Waals surface area (Å²) >= 11 is 0. The van der Waals surface area contributed by atoms with Crippen LogP contribution in [0.1, 0.15) is 5.56 Å². The van der Waals surface area contributed by atoms with Gasteiger partial charge in [0.25, 0.3) is 0 Å². The number of carbonyl (C=O) groups is 2. The Labute approximate surface area is 80.9 Å². The molecule has 0 unspecified atom stereocenters. The van der Waals surface area contributed by atoms with Crippen LogP contribution < -0.4 is 5.32 Å². The molecule has 0 heterocycles. The molecule has 1 rings (SSSR count). The number of carbonyl (C=O) groups excluding carboxylic acids is 1. The average molecular weight is 191 g/mol. The molecule has 4 nitrogen and oxygen atoms in total. The molecule has 2 N–H and O–H groups in total. The second kappa shape index (κ2) is 4.81. The molecule has 0 aliphatic heterocycles. The summed E-state index contributed by atoms with van der Waals surface area (Å²) < 4.78 is 0. The maximum Gasteiger partial charge on any atom is 0.328 e. The lowest BCUT2D eigenvalue weighted by Gasteiger charge is -1.97. The fraction of sp³-hybridized carbons (Fsp3) is 0. The molecular weight excluding hydrogens is 182 g/mol. The number of hydrogen-bond donors (Lipinski definition) is 2. The molecule has 0 aliphatic rings. The number of anilines is 1. The lowest BCUT2D eigenvalue weighted by Crippen LogP contribution is -1.92. The molecule has 14 heavy (non-hydrogen) atoms. The van der Waals surface area contributed by atoms with E-state index in [-0.39, 0.29) is 0 Å². The zero-order chi connectivity index (χ0) is 10.4. The van der Waals surface area contributed by atoms with E-state index in [1.165, 1.54) is 6.08 Å². The van der Waals surface area contributed by atoms with Crippen molar-refractivity contribution in [2.75, 3.05) is 5.32 Å². The van der Waals surface area contributed by atoms with Gasteiger partial charge in [-0.3, -0.25) is 4.79 Å². The Balaban J connectivity index is 2.73. The van der Waals surface area contributed by atoms with Gasteiger partial charge in [-0.2, -0.15) is 0 Å². The van der Waals surface area contributed by atoms with E-state index in [4.69, 9.17) is 5.11 Å². The van der Waals surface area contributed by atoms with Crippen LogP contribution in [0.25, 0.3) is 6.08 Å². The summed E-state index contributed by atoms with van der Waals surface area (Å²) in [6.45, 7) is 0. The highest BCUT2D eigenvalue weighted by Gasteiger charge is 1.91. The molecule has 0 bridgehead atoms. The van der Waals surface area contributed by atoms with E-state index in [1.54, 1.807) is 24.3 Å². The number of amides is 1. The van der Waals surface area contributed by atoms with Crippen LogP contribution in [0.15, 0.2) is 30.3 Å². The summed E-state index contributed by atoms with van der Waals surface area (Å²) in [5, 5.41) is 10.8. The molecule has 0 aromatic heterocycles. The SMILES string of the molecule is O=CNc1ccc(C=CC(=O)O)cc1. The Bertz CT molecular complexity index is 354. The second-order valence-corrected chi connectivity index (χ2v) is 2.56. The first-order chi connectivity index (χ1) is 6.72. The van der Waals surface area contributed by atoms with Crippen LogP contribution in [0.3, 0.4) is 0 Å². The molecule has 1 aromatic rings. The molecule has 0 radical (unpaired) electrons. The second-order valence-electron chi connectivity index (χ2n) is 2.56. The van der Waals surface area contributed by atoms with Gasteiger partial charge in [-0.1, -0.05) is 12.1 Å². The third-order valence-electron chi connectivity index (χ3n) is 1.55. The standard InChI is InChI=1S/C10H9NO3/c12-7-11-9-4-1-8(2-5-9)3-6-10(13)14/h1-7H,(H,11,12)(H,13,14). The van der Waals surface area contributed by atoms with E-state index >= 15 is 0 Å². The summed E-state index contributed by atoms with van der Waals surface area (Å²) in [6, 6.07) is 6.81. The van der Waals surface area contributed by atoms with E-state index in [0.717, 1.165) is 11.6 Å². The van der Waals surface area contributed by atoms with Gasteiger partial charge in [-0.05, 0) is 23.8 Å². The first kappa shape index (κ1) is 9.98. The van der Waals surface area contributed by atoms with E-state index in [2.05, 4.69) is 5.32 Å². The maximum absolute atomic E-state index is 10.2. The van der Waals surface area contributed by atoms with Gasteiger partial charge in [0.15, 0.2) is 0 Å². The Kier molecular flexibility index (Phi) is 3.43. The third-order valence-corrected chi connectivity index (χ3v) is 1.55. The lowest BCUT2D eigenvalue weighted by molar-refractivity contribution is -0.131. The van der Waals surface area contributed by atoms with Crippen LogP contribution in [0.2, 0.25) is 0 Å². The minimum absolute atomic E-state index is 0.585. The van der Waals surface area contributed by atoms with Crippen molar-refractivity contribution in [3.05, 3.63) is 35.9 Å². The molecule has 1 aromatic carbocycles. The summed E-state index contributed by atoms with van der Waals surface area (Å²) in [5.74, 6) is -0.986. The van der Waals surface area contributed by atoms with Crippen molar-refractivity contribution >= 4 is 24.1 Å². The fourth-order valence-electron chi connectivity index (χ4n) is 0.926. The lowest BCUT2D eigenvalue weighted by atomic mass is 10.2. The van der Waals surface area contributed by atoms with Crippen molar-refractivity contribution in [2.24, 2.45) is 0 Å². The summed E-state index contributed by atoms with van der Waals surface area (Å²) in [4.78, 5) is 20.3. The highest BCUT2D eigenvalue weighted by Crippen LogP contribution is 2.09. The Morgan fingerprint density at radius 1 is 1.29 bits per heavy atom. The first-order valence-corrected chi connectivity index (χ1v) is 3.93. The van der Waals surface area contributed by atoms with Gasteiger partial charge in [-0.25, -0.2) is 4.79 Å². The number of aliphatic carboxylic acids is 1. The Hall–Kier alpha value is -2.10. The molecule has 4 heteroatoms. The fourth-order valence-corrected chi connectivity index (χ4v) is 0.926. The number of carboxylic acids is 1. The summed E-state index contributed by atoms with van der Waals surface area (Å²) in [5.41, 5.74) is 1.44. The molecule has 0 spiro atoms. The van der Waals surface area contributed by atoms with Gasteiger partial charge in [0.2, 0.25) is 6.41 Å². The Morgan fingerprint density at radius 3 is 2.43 bits per heavy atom. The number of carboxylic acid groups (broad SMARTS) is 1. The summed E-state index contributed by atoms with van der Waals surface area (Å²) in [6.07, 6.45) is 3.12. The van der Waals surface area contributed by atoms with Crippen molar-refractivity contribution < 1.29 is 14.7 Å². The van der Waals surface area contributed by atoms with Crippen LogP contribution in [-0.2, 0) is 9.59 Å². The normalized spacial score (nSPS) is 10.0. The minimum atomic E-state index is -0.986. The number of rotatable bonds is 4. The predicted molar refractivity (Wildman–Crippen MR) is 52.8 cm³/mol. The smallest absolute Gasteiger partial charge is 0.328 e. The van der Waals surface area contributed by atoms with E-state index in [9.17, 15) is 9.59 Å². The number of benzene rings is 1. The highest BCUT2D eigenvalue weighted by molar-refractivity contribution is 5.85. The van der Waals surface area contributed by atoms with Gasteiger partial charge < -0.3 is 10.4 Å². The predicted octanol–water partition coefficient (Wildman–Crippen LogP) is 1.35. The van der Waals surface area contributed by atoms with Crippen molar-refractivity contribution in [2.45, 2.75) is 0 Å². The van der Waals surface area contributed by atoms with Crippen molar-refractivity contribution in [3.8, 4) is 0 Å². The van der Waals surface area contributed by atoms with E-state index < -0.39 is 5.97 Å². The third kappa shape index (κ3) is 3.10. The van der Waals surface area contributed by atoms with Crippen LogP contribution in [-0.4, -0.2) is 17.5 Å². The zero-order valence-electron chi connectivity index (χ0n) is 7.31. The van der Waals surface area contributed by atoms with Gasteiger partial charge in [0.1, 0.15) is 0 Å². The molecule has 0 saturated heterocycles. The minimum Gasteiger partial charge on any atom is -0.478 e. The number of hydrogen-bond acceptors (Lipinski definition) is 2. The maximum atomic E-state index is 10.2. The monoisotopic (exact) mass is 191 g/mol. The van der Waals surface area contributed by atoms with Crippen molar-refractivity contribution in [1.82, 2.24) is 0 Å². The molecule has 0 fully saturated rings. The quantitative estimate of drug-likeness (QED) is 0.557. The van der Waals surface area contributed by atoms with E-state index in [1.807, 2.05) is 0 Å². The zero-order valence-corrected chi connectivity index (χ0v) is 7.31. The van der Waals surface area contributed by atoms with Crippen LogP contribution >= 0.6 is 0 Å². The Morgan fingerprint density at radius 2 is 1.93 bits per heavy atom. The van der Waals surface area contributed by atoms with Crippen LogP contribution in [0.4, 0.5) is 5.69 Å². The average Bonchev–Trinajstić information content (AvgIpc) is 2.17.